The second-order valence-electron chi connectivity index (χ2n) is 8.33. The topological polar surface area (TPSA) is 74.2 Å². The molecule has 0 fully saturated rings. The van der Waals surface area contributed by atoms with Gasteiger partial charge in [-0.2, -0.15) is 0 Å². The lowest BCUT2D eigenvalue weighted by Gasteiger charge is -2.18. The number of hydrogen-bond donors (Lipinski definition) is 1. The molecule has 146 valence electrons. The first-order valence-corrected chi connectivity index (χ1v) is 10.2. The third kappa shape index (κ3) is 18.4. The van der Waals surface area contributed by atoms with Crippen LogP contribution in [0.4, 0.5) is 0 Å². The van der Waals surface area contributed by atoms with E-state index in [1.807, 2.05) is 0 Å². The number of ether oxygens (including phenoxy) is 2. The Labute approximate surface area is 147 Å². The Morgan fingerprint density at radius 3 is 1.71 bits per heavy atom. The minimum absolute atomic E-state index is 0.0229. The Bertz CT molecular complexity index is 359. The maximum Gasteiger partial charge on any atom is 0.472 e. The van der Waals surface area contributed by atoms with Crippen molar-refractivity contribution in [1.29, 1.82) is 0 Å². The molecule has 0 aromatic heterocycles. The van der Waals surface area contributed by atoms with E-state index in [0.29, 0.717) is 19.8 Å². The first-order valence-electron chi connectivity index (χ1n) is 8.69. The highest BCUT2D eigenvalue weighted by molar-refractivity contribution is 7.47. The average molecular weight is 368 g/mol. The molecule has 1 atom stereocenters. The molecular weight excluding hydrogens is 331 g/mol. The van der Waals surface area contributed by atoms with Crippen LogP contribution in [0.1, 0.15) is 60.8 Å². The Morgan fingerprint density at radius 2 is 1.17 bits per heavy atom. The van der Waals surface area contributed by atoms with E-state index in [4.69, 9.17) is 18.5 Å². The van der Waals surface area contributed by atoms with E-state index in [1.165, 1.54) is 0 Å². The molecule has 1 N–H and O–H groups in total. The highest BCUT2D eigenvalue weighted by Crippen LogP contribution is 2.43. The van der Waals surface area contributed by atoms with Gasteiger partial charge in [0.1, 0.15) is 0 Å². The van der Waals surface area contributed by atoms with E-state index >= 15 is 0 Å². The van der Waals surface area contributed by atoms with Crippen molar-refractivity contribution in [2.75, 3.05) is 39.6 Å². The largest absolute Gasteiger partial charge is 0.472 e. The van der Waals surface area contributed by atoms with Crippen molar-refractivity contribution in [2.24, 2.45) is 10.8 Å². The quantitative estimate of drug-likeness (QED) is 0.383. The number of phosphoric acid groups is 1. The third-order valence-electron chi connectivity index (χ3n) is 3.18. The molecule has 7 heteroatoms. The second-order valence-corrected chi connectivity index (χ2v) is 9.79. The van der Waals surface area contributed by atoms with E-state index in [9.17, 15) is 9.46 Å². The molecule has 0 amide bonds. The average Bonchev–Trinajstić information content (AvgIpc) is 2.39. The van der Waals surface area contributed by atoms with Gasteiger partial charge >= 0.3 is 7.82 Å². The van der Waals surface area contributed by atoms with Crippen LogP contribution in [0, 0.1) is 10.8 Å². The van der Waals surface area contributed by atoms with Crippen LogP contribution in [-0.4, -0.2) is 44.5 Å². The summed E-state index contributed by atoms with van der Waals surface area (Å²) in [6.07, 6.45) is 2.64. The highest BCUT2D eigenvalue weighted by atomic mass is 31.2. The molecule has 0 saturated heterocycles. The van der Waals surface area contributed by atoms with Crippen molar-refractivity contribution < 1.29 is 28.0 Å². The van der Waals surface area contributed by atoms with Gasteiger partial charge < -0.3 is 14.4 Å². The molecule has 0 aromatic rings. The summed E-state index contributed by atoms with van der Waals surface area (Å²) in [5.74, 6) is 0. The fourth-order valence-electron chi connectivity index (χ4n) is 1.73. The van der Waals surface area contributed by atoms with Crippen molar-refractivity contribution in [3.63, 3.8) is 0 Å². The van der Waals surface area contributed by atoms with Gasteiger partial charge in [0, 0.05) is 6.61 Å². The van der Waals surface area contributed by atoms with Crippen LogP contribution in [0.5, 0.6) is 0 Å². The van der Waals surface area contributed by atoms with Gasteiger partial charge in [0.2, 0.25) is 0 Å². The Kier molecular flexibility index (Phi) is 11.6. The van der Waals surface area contributed by atoms with Crippen LogP contribution in [0.3, 0.4) is 0 Å². The summed E-state index contributed by atoms with van der Waals surface area (Å²) in [6, 6.07) is 0. The van der Waals surface area contributed by atoms with Gasteiger partial charge in [-0.05, 0) is 30.1 Å². The van der Waals surface area contributed by atoms with Crippen LogP contribution < -0.4 is 0 Å². The first-order chi connectivity index (χ1) is 10.9. The van der Waals surface area contributed by atoms with Crippen LogP contribution in [0.2, 0.25) is 0 Å². The molecule has 0 bridgehead atoms. The maximum absolute atomic E-state index is 11.6. The van der Waals surface area contributed by atoms with Crippen molar-refractivity contribution >= 4 is 7.82 Å². The molecule has 24 heavy (non-hydrogen) atoms. The van der Waals surface area contributed by atoms with Crippen LogP contribution >= 0.6 is 7.82 Å². The van der Waals surface area contributed by atoms with Gasteiger partial charge in [-0.25, -0.2) is 4.57 Å². The van der Waals surface area contributed by atoms with Crippen LogP contribution in [-0.2, 0) is 23.1 Å². The van der Waals surface area contributed by atoms with Gasteiger partial charge in [-0.1, -0.05) is 41.5 Å². The Hall–Kier alpha value is 0.0300. The number of hydrogen-bond acceptors (Lipinski definition) is 5. The SMILES string of the molecule is CC(C)(C)CCCOP(=O)(O)OCCOCCOCCC(C)(C)C. The predicted molar refractivity (Wildman–Crippen MR) is 96.1 cm³/mol. The predicted octanol–water partition coefficient (Wildman–Crippen LogP) is 4.42. The first kappa shape index (κ1) is 24.0. The molecule has 0 aliphatic heterocycles. The fourth-order valence-corrected chi connectivity index (χ4v) is 2.47. The smallest absolute Gasteiger partial charge is 0.379 e. The monoisotopic (exact) mass is 368 g/mol. The fraction of sp³-hybridized carbons (Fsp3) is 1.00. The van der Waals surface area contributed by atoms with E-state index < -0.39 is 7.82 Å². The number of rotatable bonds is 13. The molecule has 0 aliphatic rings. The minimum atomic E-state index is -3.97. The summed E-state index contributed by atoms with van der Waals surface area (Å²) >= 11 is 0. The van der Waals surface area contributed by atoms with E-state index in [1.54, 1.807) is 0 Å². The van der Waals surface area contributed by atoms with Crippen LogP contribution in [0.25, 0.3) is 0 Å². The van der Waals surface area contributed by atoms with Gasteiger partial charge in [-0.15, -0.1) is 0 Å². The van der Waals surface area contributed by atoms with Gasteiger partial charge in [0.05, 0.1) is 33.0 Å². The highest BCUT2D eigenvalue weighted by Gasteiger charge is 2.21. The van der Waals surface area contributed by atoms with Gasteiger partial charge in [-0.3, -0.25) is 9.05 Å². The molecular formula is C17H37O6P. The summed E-state index contributed by atoms with van der Waals surface area (Å²) in [4.78, 5) is 9.52. The van der Waals surface area contributed by atoms with Crippen molar-refractivity contribution in [2.45, 2.75) is 60.8 Å². The van der Waals surface area contributed by atoms with Crippen LogP contribution in [0.15, 0.2) is 0 Å². The van der Waals surface area contributed by atoms with Crippen molar-refractivity contribution in [1.82, 2.24) is 0 Å². The summed E-state index contributed by atoms with van der Waals surface area (Å²) in [5.41, 5.74) is 0.455. The zero-order valence-corrected chi connectivity index (χ0v) is 17.2. The second kappa shape index (κ2) is 11.6. The zero-order chi connectivity index (χ0) is 18.7. The van der Waals surface area contributed by atoms with E-state index in [-0.39, 0.29) is 30.7 Å². The standard InChI is InChI=1S/C17H37O6P/c1-16(2,3)8-7-10-22-24(18,19)23-15-14-21-13-12-20-11-9-17(4,5)6/h7-15H2,1-6H3,(H,18,19). The lowest BCUT2D eigenvalue weighted by molar-refractivity contribution is 0.0239. The maximum atomic E-state index is 11.6. The molecule has 0 saturated carbocycles. The van der Waals surface area contributed by atoms with E-state index in [2.05, 4.69) is 41.5 Å². The molecule has 6 nitrogen and oxygen atoms in total. The van der Waals surface area contributed by atoms with E-state index in [0.717, 1.165) is 19.3 Å². The molecule has 0 aliphatic carbocycles. The molecule has 0 rings (SSSR count). The minimum Gasteiger partial charge on any atom is -0.379 e. The molecule has 0 radical (unpaired) electrons. The summed E-state index contributed by atoms with van der Waals surface area (Å²) < 4.78 is 32.2. The lowest BCUT2D eigenvalue weighted by atomic mass is 9.91. The zero-order valence-electron chi connectivity index (χ0n) is 16.3. The Morgan fingerprint density at radius 1 is 0.708 bits per heavy atom. The molecule has 0 aromatic carbocycles. The third-order valence-corrected chi connectivity index (χ3v) is 4.19. The Balaban J connectivity index is 3.50. The van der Waals surface area contributed by atoms with Gasteiger partial charge in [0.15, 0.2) is 0 Å². The summed E-state index contributed by atoms with van der Waals surface area (Å²) in [6.45, 7) is 15.0. The van der Waals surface area contributed by atoms with Gasteiger partial charge in [0.25, 0.3) is 0 Å². The molecule has 1 unspecified atom stereocenters. The molecule has 0 heterocycles. The van der Waals surface area contributed by atoms with Crippen molar-refractivity contribution in [3.8, 4) is 0 Å². The van der Waals surface area contributed by atoms with Crippen molar-refractivity contribution in [3.05, 3.63) is 0 Å². The number of phosphoric ester groups is 1. The normalized spacial score (nSPS) is 15.5. The summed E-state index contributed by atoms with van der Waals surface area (Å²) in [5, 5.41) is 0. The summed E-state index contributed by atoms with van der Waals surface area (Å²) in [7, 11) is -3.97. The lowest BCUT2D eigenvalue weighted by Crippen LogP contribution is -2.13. The molecule has 0 spiro atoms.